The number of carboxylic acid groups (broad SMARTS) is 1. The summed E-state index contributed by atoms with van der Waals surface area (Å²) in [5.41, 5.74) is -1.22. The molecule has 0 spiro atoms. The highest BCUT2D eigenvalue weighted by molar-refractivity contribution is 5.72. The SMILES string of the molecule is Cn1nc(NCC(=O)O)c(=O)n(C)c1=O. The van der Waals surface area contributed by atoms with Crippen molar-refractivity contribution in [1.29, 1.82) is 0 Å². The molecule has 8 heteroatoms. The number of carboxylic acids is 1. The minimum atomic E-state index is -1.12. The Kier molecular flexibility index (Phi) is 2.88. The number of anilines is 1. The Morgan fingerprint density at radius 2 is 2.07 bits per heavy atom. The van der Waals surface area contributed by atoms with Crippen LogP contribution in [0.2, 0.25) is 0 Å². The molecule has 15 heavy (non-hydrogen) atoms. The molecule has 0 fully saturated rings. The van der Waals surface area contributed by atoms with Crippen molar-refractivity contribution in [3.05, 3.63) is 20.8 Å². The fourth-order valence-electron chi connectivity index (χ4n) is 0.969. The molecule has 1 heterocycles. The molecule has 0 aliphatic heterocycles. The average molecular weight is 214 g/mol. The second-order valence-corrected chi connectivity index (χ2v) is 2.87. The first-order valence-electron chi connectivity index (χ1n) is 4.03. The number of nitrogens with one attached hydrogen (secondary N) is 1. The third-order valence-electron chi connectivity index (χ3n) is 1.73. The van der Waals surface area contributed by atoms with E-state index in [0.29, 0.717) is 0 Å². The number of hydrogen-bond acceptors (Lipinski definition) is 5. The van der Waals surface area contributed by atoms with E-state index < -0.39 is 23.8 Å². The summed E-state index contributed by atoms with van der Waals surface area (Å²) in [7, 11) is 2.66. The second kappa shape index (κ2) is 3.95. The van der Waals surface area contributed by atoms with E-state index in [1.54, 1.807) is 0 Å². The summed E-state index contributed by atoms with van der Waals surface area (Å²) in [4.78, 5) is 32.8. The van der Waals surface area contributed by atoms with Gasteiger partial charge in [-0.1, -0.05) is 0 Å². The van der Waals surface area contributed by atoms with Crippen LogP contribution in [0, 0.1) is 0 Å². The molecule has 1 aromatic heterocycles. The van der Waals surface area contributed by atoms with Gasteiger partial charge in [-0.15, -0.1) is 5.10 Å². The standard InChI is InChI=1S/C7H10N4O4/c1-10-6(14)5(8-3-4(12)13)9-11(2)7(10)15/h3H2,1-2H3,(H,8,9)(H,12,13). The summed E-state index contributed by atoms with van der Waals surface area (Å²) in [6.07, 6.45) is 0. The molecule has 0 atom stereocenters. The van der Waals surface area contributed by atoms with Crippen LogP contribution >= 0.6 is 0 Å². The van der Waals surface area contributed by atoms with E-state index in [2.05, 4.69) is 10.4 Å². The van der Waals surface area contributed by atoms with Crippen molar-refractivity contribution in [1.82, 2.24) is 14.3 Å². The molecule has 0 aliphatic carbocycles. The molecular formula is C7H10N4O4. The van der Waals surface area contributed by atoms with Crippen LogP contribution in [0.15, 0.2) is 9.59 Å². The molecule has 1 rings (SSSR count). The fourth-order valence-corrected chi connectivity index (χ4v) is 0.969. The van der Waals surface area contributed by atoms with Gasteiger partial charge >= 0.3 is 11.7 Å². The number of rotatable bonds is 3. The number of hydrogen-bond donors (Lipinski definition) is 2. The molecule has 2 N–H and O–H groups in total. The van der Waals surface area contributed by atoms with Crippen LogP contribution < -0.4 is 16.6 Å². The monoisotopic (exact) mass is 214 g/mol. The van der Waals surface area contributed by atoms with Crippen molar-refractivity contribution in [2.75, 3.05) is 11.9 Å². The van der Waals surface area contributed by atoms with Gasteiger partial charge in [-0.25, -0.2) is 9.48 Å². The first kappa shape index (κ1) is 11.0. The number of carbonyl (C=O) groups is 1. The van der Waals surface area contributed by atoms with Crippen molar-refractivity contribution in [2.24, 2.45) is 14.1 Å². The van der Waals surface area contributed by atoms with Crippen LogP contribution in [0.3, 0.4) is 0 Å². The van der Waals surface area contributed by atoms with Gasteiger partial charge in [0, 0.05) is 14.1 Å². The lowest BCUT2D eigenvalue weighted by Crippen LogP contribution is -2.40. The van der Waals surface area contributed by atoms with Crippen LogP contribution in [-0.2, 0) is 18.9 Å². The molecule has 0 radical (unpaired) electrons. The van der Waals surface area contributed by atoms with Crippen molar-refractivity contribution < 1.29 is 9.90 Å². The lowest BCUT2D eigenvalue weighted by atomic mass is 10.6. The van der Waals surface area contributed by atoms with Crippen molar-refractivity contribution in [3.8, 4) is 0 Å². The Hall–Kier alpha value is -2.12. The zero-order valence-corrected chi connectivity index (χ0v) is 8.22. The lowest BCUT2D eigenvalue weighted by Gasteiger charge is -2.05. The largest absolute Gasteiger partial charge is 0.480 e. The van der Waals surface area contributed by atoms with Crippen molar-refractivity contribution >= 4 is 11.8 Å². The maximum Gasteiger partial charge on any atom is 0.346 e. The van der Waals surface area contributed by atoms with Gasteiger partial charge in [0.15, 0.2) is 0 Å². The molecule has 1 aromatic rings. The molecule has 0 saturated heterocycles. The minimum Gasteiger partial charge on any atom is -0.480 e. The maximum absolute atomic E-state index is 11.4. The Bertz CT molecular complexity index is 501. The molecule has 0 aromatic carbocycles. The number of aromatic nitrogens is 3. The molecule has 0 saturated carbocycles. The molecule has 0 bridgehead atoms. The van der Waals surface area contributed by atoms with Crippen LogP contribution in [0.25, 0.3) is 0 Å². The zero-order chi connectivity index (χ0) is 11.6. The van der Waals surface area contributed by atoms with E-state index in [9.17, 15) is 14.4 Å². The molecular weight excluding hydrogens is 204 g/mol. The molecule has 8 nitrogen and oxygen atoms in total. The van der Waals surface area contributed by atoms with Gasteiger partial charge in [0.25, 0.3) is 5.56 Å². The van der Waals surface area contributed by atoms with Crippen LogP contribution in [-0.4, -0.2) is 32.0 Å². The minimum absolute atomic E-state index is 0.165. The van der Waals surface area contributed by atoms with Gasteiger partial charge in [0.2, 0.25) is 5.82 Å². The zero-order valence-electron chi connectivity index (χ0n) is 8.22. The smallest absolute Gasteiger partial charge is 0.346 e. The third kappa shape index (κ3) is 2.22. The van der Waals surface area contributed by atoms with Crippen molar-refractivity contribution in [2.45, 2.75) is 0 Å². The summed E-state index contributed by atoms with van der Waals surface area (Å²) in [5.74, 6) is -1.28. The predicted molar refractivity (Wildman–Crippen MR) is 50.8 cm³/mol. The maximum atomic E-state index is 11.4. The van der Waals surface area contributed by atoms with Crippen molar-refractivity contribution in [3.63, 3.8) is 0 Å². The normalized spacial score (nSPS) is 10.0. The summed E-state index contributed by atoms with van der Waals surface area (Å²) < 4.78 is 1.79. The molecule has 82 valence electrons. The summed E-state index contributed by atoms with van der Waals surface area (Å²) in [6.45, 7) is -0.430. The quantitative estimate of drug-likeness (QED) is 0.601. The predicted octanol–water partition coefficient (Wildman–Crippen LogP) is -2.02. The topological polar surface area (TPSA) is 106 Å². The van der Waals surface area contributed by atoms with E-state index in [0.717, 1.165) is 9.25 Å². The average Bonchev–Trinajstić information content (AvgIpc) is 2.18. The molecule has 0 aliphatic rings. The second-order valence-electron chi connectivity index (χ2n) is 2.87. The van der Waals surface area contributed by atoms with Gasteiger partial charge in [0.05, 0.1) is 0 Å². The first-order chi connectivity index (χ1) is 6.93. The van der Waals surface area contributed by atoms with Gasteiger partial charge < -0.3 is 10.4 Å². The van der Waals surface area contributed by atoms with Crippen LogP contribution in [0.4, 0.5) is 5.82 Å². The summed E-state index contributed by atoms with van der Waals surface area (Å²) in [6, 6.07) is 0. The van der Waals surface area contributed by atoms with E-state index in [1.807, 2.05) is 0 Å². The Morgan fingerprint density at radius 1 is 1.47 bits per heavy atom. The van der Waals surface area contributed by atoms with Gasteiger partial charge in [-0.05, 0) is 0 Å². The lowest BCUT2D eigenvalue weighted by molar-refractivity contribution is -0.134. The Labute approximate surface area is 83.8 Å². The third-order valence-corrected chi connectivity index (χ3v) is 1.73. The van der Waals surface area contributed by atoms with E-state index >= 15 is 0 Å². The van der Waals surface area contributed by atoms with Crippen LogP contribution in [0.1, 0.15) is 0 Å². The van der Waals surface area contributed by atoms with Gasteiger partial charge in [-0.2, -0.15) is 0 Å². The number of nitrogens with zero attached hydrogens (tertiary/aromatic N) is 3. The molecule has 0 amide bonds. The molecule has 0 unspecified atom stereocenters. The number of aliphatic carboxylic acids is 1. The van der Waals surface area contributed by atoms with Gasteiger partial charge in [-0.3, -0.25) is 14.2 Å². The number of aryl methyl sites for hydroxylation is 1. The van der Waals surface area contributed by atoms with Crippen LogP contribution in [0.5, 0.6) is 0 Å². The first-order valence-corrected chi connectivity index (χ1v) is 4.03. The highest BCUT2D eigenvalue weighted by atomic mass is 16.4. The van der Waals surface area contributed by atoms with Gasteiger partial charge in [0.1, 0.15) is 6.54 Å². The summed E-state index contributed by atoms with van der Waals surface area (Å²) >= 11 is 0. The fraction of sp³-hybridized carbons (Fsp3) is 0.429. The van der Waals surface area contributed by atoms with E-state index in [-0.39, 0.29) is 5.82 Å². The highest BCUT2D eigenvalue weighted by Crippen LogP contribution is 1.87. The summed E-state index contributed by atoms with van der Waals surface area (Å²) in [5, 5.41) is 14.3. The highest BCUT2D eigenvalue weighted by Gasteiger charge is 2.08. The van der Waals surface area contributed by atoms with E-state index in [1.165, 1.54) is 14.1 Å². The van der Waals surface area contributed by atoms with E-state index in [4.69, 9.17) is 5.11 Å². The Morgan fingerprint density at radius 3 is 2.60 bits per heavy atom. The Balaban J connectivity index is 3.16.